The van der Waals surface area contributed by atoms with Crippen LogP contribution < -0.4 is 15.8 Å². The Kier molecular flexibility index (Phi) is 5.14. The van der Waals surface area contributed by atoms with Crippen LogP contribution in [-0.2, 0) is 17.8 Å². The van der Waals surface area contributed by atoms with Crippen LogP contribution in [0.5, 0.6) is 5.75 Å². The second kappa shape index (κ2) is 7.30. The number of rotatable bonds is 8. The average Bonchev–Trinajstić information content (AvgIpc) is 2.96. The normalized spacial score (nSPS) is 10.4. The van der Waals surface area contributed by atoms with Gasteiger partial charge in [-0.2, -0.15) is 0 Å². The lowest BCUT2D eigenvalue weighted by molar-refractivity contribution is -0.119. The van der Waals surface area contributed by atoms with Gasteiger partial charge in [-0.15, -0.1) is 0 Å². The van der Waals surface area contributed by atoms with E-state index in [1.165, 1.54) is 0 Å². The van der Waals surface area contributed by atoms with Crippen molar-refractivity contribution >= 4 is 5.91 Å². The summed E-state index contributed by atoms with van der Waals surface area (Å²) in [7, 11) is 0. The van der Waals surface area contributed by atoms with Crippen molar-refractivity contribution in [3.8, 4) is 5.75 Å². The Labute approximate surface area is 117 Å². The molecule has 1 heterocycles. The standard InChI is InChI=1S/C14H18N4O2/c15-13(19)10-20-12-3-1-11(2-4-12)9-16-6-5-14-17-7-8-18-14/h1-4,7-8,16H,5-6,9-10H2,(H2,15,19)(H,17,18). The first-order valence-corrected chi connectivity index (χ1v) is 6.43. The Morgan fingerprint density at radius 2 is 2.15 bits per heavy atom. The van der Waals surface area contributed by atoms with Crippen LogP contribution in [0.2, 0.25) is 0 Å². The number of aromatic amines is 1. The average molecular weight is 274 g/mol. The van der Waals surface area contributed by atoms with Crippen LogP contribution in [0.3, 0.4) is 0 Å². The molecule has 6 heteroatoms. The lowest BCUT2D eigenvalue weighted by Crippen LogP contribution is -2.20. The van der Waals surface area contributed by atoms with Crippen LogP contribution in [0.25, 0.3) is 0 Å². The summed E-state index contributed by atoms with van der Waals surface area (Å²) < 4.78 is 5.19. The highest BCUT2D eigenvalue weighted by molar-refractivity contribution is 5.75. The monoisotopic (exact) mass is 274 g/mol. The van der Waals surface area contributed by atoms with Gasteiger partial charge in [-0.05, 0) is 17.7 Å². The van der Waals surface area contributed by atoms with E-state index in [0.29, 0.717) is 5.75 Å². The van der Waals surface area contributed by atoms with Gasteiger partial charge in [0, 0.05) is 31.9 Å². The van der Waals surface area contributed by atoms with E-state index in [-0.39, 0.29) is 6.61 Å². The van der Waals surface area contributed by atoms with E-state index in [1.807, 2.05) is 30.5 Å². The number of hydrogen-bond donors (Lipinski definition) is 3. The number of aromatic nitrogens is 2. The molecule has 4 N–H and O–H groups in total. The van der Waals surface area contributed by atoms with Gasteiger partial charge in [0.2, 0.25) is 0 Å². The summed E-state index contributed by atoms with van der Waals surface area (Å²) in [5.41, 5.74) is 6.16. The predicted octanol–water partition coefficient (Wildman–Crippen LogP) is 0.606. The molecule has 0 fully saturated rings. The fourth-order valence-electron chi connectivity index (χ4n) is 1.73. The number of hydrogen-bond acceptors (Lipinski definition) is 4. The van der Waals surface area contributed by atoms with Crippen molar-refractivity contribution in [2.24, 2.45) is 5.73 Å². The lowest BCUT2D eigenvalue weighted by Gasteiger charge is -2.06. The Balaban J connectivity index is 1.69. The molecule has 0 radical (unpaired) electrons. The highest BCUT2D eigenvalue weighted by Gasteiger charge is 1.99. The first kappa shape index (κ1) is 14.1. The summed E-state index contributed by atoms with van der Waals surface area (Å²) >= 11 is 0. The molecule has 1 amide bonds. The van der Waals surface area contributed by atoms with Gasteiger partial charge >= 0.3 is 0 Å². The van der Waals surface area contributed by atoms with E-state index in [4.69, 9.17) is 10.5 Å². The van der Waals surface area contributed by atoms with E-state index < -0.39 is 5.91 Å². The van der Waals surface area contributed by atoms with Crippen LogP contribution >= 0.6 is 0 Å². The van der Waals surface area contributed by atoms with Crippen LogP contribution in [-0.4, -0.2) is 29.0 Å². The van der Waals surface area contributed by atoms with Crippen LogP contribution in [0.1, 0.15) is 11.4 Å². The molecule has 0 saturated heterocycles. The Morgan fingerprint density at radius 3 is 2.80 bits per heavy atom. The summed E-state index contributed by atoms with van der Waals surface area (Å²) in [4.78, 5) is 17.8. The Morgan fingerprint density at radius 1 is 1.35 bits per heavy atom. The van der Waals surface area contributed by atoms with E-state index in [2.05, 4.69) is 15.3 Å². The smallest absolute Gasteiger partial charge is 0.255 e. The van der Waals surface area contributed by atoms with E-state index in [9.17, 15) is 4.79 Å². The summed E-state index contributed by atoms with van der Waals surface area (Å²) in [5, 5.41) is 3.33. The molecule has 6 nitrogen and oxygen atoms in total. The van der Waals surface area contributed by atoms with Gasteiger partial charge in [-0.3, -0.25) is 4.79 Å². The molecule has 2 rings (SSSR count). The number of primary amides is 1. The van der Waals surface area contributed by atoms with Gasteiger partial charge in [0.05, 0.1) is 0 Å². The maximum atomic E-state index is 10.6. The van der Waals surface area contributed by atoms with Crippen LogP contribution in [0, 0.1) is 0 Å². The quantitative estimate of drug-likeness (QED) is 0.615. The molecule has 20 heavy (non-hydrogen) atoms. The number of ether oxygens (including phenoxy) is 1. The molecular weight excluding hydrogens is 256 g/mol. The van der Waals surface area contributed by atoms with Crippen molar-refractivity contribution in [3.63, 3.8) is 0 Å². The molecule has 2 aromatic rings. The number of nitrogens with zero attached hydrogens (tertiary/aromatic N) is 1. The molecule has 0 atom stereocenters. The van der Waals surface area contributed by atoms with Crippen molar-refractivity contribution in [1.29, 1.82) is 0 Å². The summed E-state index contributed by atoms with van der Waals surface area (Å²) in [6.45, 7) is 1.53. The fourth-order valence-corrected chi connectivity index (χ4v) is 1.73. The van der Waals surface area contributed by atoms with Gasteiger partial charge in [-0.1, -0.05) is 12.1 Å². The van der Waals surface area contributed by atoms with Crippen molar-refractivity contribution in [3.05, 3.63) is 48.0 Å². The SMILES string of the molecule is NC(=O)COc1ccc(CNCCc2ncc[nH]2)cc1. The number of nitrogens with one attached hydrogen (secondary N) is 2. The summed E-state index contributed by atoms with van der Waals surface area (Å²) in [5.74, 6) is 1.14. The number of nitrogens with two attached hydrogens (primary N) is 1. The third-order valence-corrected chi connectivity index (χ3v) is 2.73. The Bertz CT molecular complexity index is 523. The van der Waals surface area contributed by atoms with Crippen molar-refractivity contribution in [2.75, 3.05) is 13.2 Å². The molecule has 0 bridgehead atoms. The molecule has 1 aromatic carbocycles. The van der Waals surface area contributed by atoms with Gasteiger partial charge in [0.25, 0.3) is 5.91 Å². The van der Waals surface area contributed by atoms with Gasteiger partial charge < -0.3 is 20.8 Å². The van der Waals surface area contributed by atoms with Crippen LogP contribution in [0.15, 0.2) is 36.7 Å². The zero-order chi connectivity index (χ0) is 14.2. The fraction of sp³-hybridized carbons (Fsp3) is 0.286. The number of amides is 1. The minimum absolute atomic E-state index is 0.0965. The number of carbonyl (C=O) groups is 1. The van der Waals surface area contributed by atoms with Crippen LogP contribution in [0.4, 0.5) is 0 Å². The second-order valence-corrected chi connectivity index (χ2v) is 4.36. The maximum Gasteiger partial charge on any atom is 0.255 e. The lowest BCUT2D eigenvalue weighted by atomic mass is 10.2. The van der Waals surface area contributed by atoms with E-state index in [0.717, 1.165) is 30.9 Å². The third-order valence-electron chi connectivity index (χ3n) is 2.73. The molecule has 0 aliphatic rings. The van der Waals surface area contributed by atoms with E-state index in [1.54, 1.807) is 6.20 Å². The summed E-state index contributed by atoms with van der Waals surface area (Å²) in [6, 6.07) is 7.56. The van der Waals surface area contributed by atoms with Crippen molar-refractivity contribution in [1.82, 2.24) is 15.3 Å². The molecule has 0 aliphatic heterocycles. The molecular formula is C14H18N4O2. The second-order valence-electron chi connectivity index (χ2n) is 4.36. The minimum Gasteiger partial charge on any atom is -0.484 e. The topological polar surface area (TPSA) is 93.0 Å². The number of benzene rings is 1. The minimum atomic E-state index is -0.478. The number of H-pyrrole nitrogens is 1. The predicted molar refractivity (Wildman–Crippen MR) is 75.1 cm³/mol. The molecule has 106 valence electrons. The molecule has 0 aliphatic carbocycles. The van der Waals surface area contributed by atoms with Gasteiger partial charge in [0.1, 0.15) is 11.6 Å². The van der Waals surface area contributed by atoms with Gasteiger partial charge in [-0.25, -0.2) is 4.98 Å². The third kappa shape index (κ3) is 4.74. The first-order chi connectivity index (χ1) is 9.74. The molecule has 0 spiro atoms. The van der Waals surface area contributed by atoms with Crippen molar-refractivity contribution in [2.45, 2.75) is 13.0 Å². The van der Waals surface area contributed by atoms with Gasteiger partial charge in [0.15, 0.2) is 6.61 Å². The maximum absolute atomic E-state index is 10.6. The number of imidazole rings is 1. The van der Waals surface area contributed by atoms with Crippen molar-refractivity contribution < 1.29 is 9.53 Å². The zero-order valence-electron chi connectivity index (χ0n) is 11.1. The highest BCUT2D eigenvalue weighted by Crippen LogP contribution is 2.11. The zero-order valence-corrected chi connectivity index (χ0v) is 11.1. The van der Waals surface area contributed by atoms with E-state index >= 15 is 0 Å². The molecule has 0 saturated carbocycles. The highest BCUT2D eigenvalue weighted by atomic mass is 16.5. The molecule has 1 aromatic heterocycles. The Hall–Kier alpha value is -2.34. The first-order valence-electron chi connectivity index (χ1n) is 6.43. The largest absolute Gasteiger partial charge is 0.484 e. The molecule has 0 unspecified atom stereocenters. The summed E-state index contributed by atoms with van der Waals surface area (Å²) in [6.07, 6.45) is 4.44. The number of carbonyl (C=O) groups excluding carboxylic acids is 1.